The molecule has 1 aromatic carbocycles. The normalized spacial score (nSPS) is 20.6. The molecule has 1 unspecified atom stereocenters. The van der Waals surface area contributed by atoms with Gasteiger partial charge in [0.15, 0.2) is 11.5 Å². The Hall–Kier alpha value is -1.96. The quantitative estimate of drug-likeness (QED) is 0.702. The van der Waals surface area contributed by atoms with Gasteiger partial charge in [0.05, 0.1) is 26.3 Å². The summed E-state index contributed by atoms with van der Waals surface area (Å²) >= 11 is 3.45. The minimum atomic E-state index is -0.228. The molecular formula is C19H25BrN2O5. The lowest BCUT2D eigenvalue weighted by Gasteiger charge is -2.35. The van der Waals surface area contributed by atoms with Gasteiger partial charge in [-0.2, -0.15) is 0 Å². The van der Waals surface area contributed by atoms with E-state index in [1.165, 1.54) is 0 Å². The SMILES string of the molecule is CCC1CN(C2CCN(C(=O)c3cc(OC)c(OC)cc3Br)CC2)C(=O)O1. The summed E-state index contributed by atoms with van der Waals surface area (Å²) in [5.41, 5.74) is 0.540. The summed E-state index contributed by atoms with van der Waals surface area (Å²) in [5, 5.41) is 0. The minimum Gasteiger partial charge on any atom is -0.493 e. The summed E-state index contributed by atoms with van der Waals surface area (Å²) in [6.07, 6.45) is 2.09. The van der Waals surface area contributed by atoms with E-state index in [2.05, 4.69) is 15.9 Å². The largest absolute Gasteiger partial charge is 0.493 e. The second-order valence-electron chi connectivity index (χ2n) is 6.78. The molecule has 148 valence electrons. The molecule has 0 aromatic heterocycles. The Morgan fingerprint density at radius 1 is 1.22 bits per heavy atom. The highest BCUT2D eigenvalue weighted by Gasteiger charge is 2.37. The zero-order valence-corrected chi connectivity index (χ0v) is 17.5. The van der Waals surface area contributed by atoms with Gasteiger partial charge in [0.25, 0.3) is 5.91 Å². The van der Waals surface area contributed by atoms with Crippen molar-refractivity contribution < 1.29 is 23.8 Å². The number of piperidine rings is 1. The summed E-state index contributed by atoms with van der Waals surface area (Å²) in [6, 6.07) is 3.57. The molecule has 2 fully saturated rings. The van der Waals surface area contributed by atoms with Crippen molar-refractivity contribution in [1.82, 2.24) is 9.80 Å². The number of hydrogen-bond acceptors (Lipinski definition) is 5. The van der Waals surface area contributed by atoms with Gasteiger partial charge in [-0.05, 0) is 47.3 Å². The van der Waals surface area contributed by atoms with E-state index in [-0.39, 0.29) is 24.1 Å². The number of methoxy groups -OCH3 is 2. The second-order valence-corrected chi connectivity index (χ2v) is 7.63. The molecule has 2 heterocycles. The number of rotatable bonds is 5. The Morgan fingerprint density at radius 3 is 2.41 bits per heavy atom. The maximum absolute atomic E-state index is 13.0. The molecular weight excluding hydrogens is 416 g/mol. The Bertz CT molecular complexity index is 718. The van der Waals surface area contributed by atoms with Crippen molar-refractivity contribution in [2.45, 2.75) is 38.3 Å². The van der Waals surface area contributed by atoms with Gasteiger partial charge >= 0.3 is 6.09 Å². The number of hydrogen-bond donors (Lipinski definition) is 0. The summed E-state index contributed by atoms with van der Waals surface area (Å²) in [4.78, 5) is 28.7. The molecule has 0 bridgehead atoms. The van der Waals surface area contributed by atoms with Crippen LogP contribution in [0.25, 0.3) is 0 Å². The van der Waals surface area contributed by atoms with E-state index in [1.54, 1.807) is 26.4 Å². The molecule has 1 aromatic rings. The first-order valence-electron chi connectivity index (χ1n) is 9.16. The van der Waals surface area contributed by atoms with E-state index >= 15 is 0 Å². The van der Waals surface area contributed by atoms with Crippen LogP contribution in [0.3, 0.4) is 0 Å². The Morgan fingerprint density at radius 2 is 1.85 bits per heavy atom. The van der Waals surface area contributed by atoms with E-state index in [0.29, 0.717) is 41.2 Å². The monoisotopic (exact) mass is 440 g/mol. The van der Waals surface area contributed by atoms with Gasteiger partial charge in [0.1, 0.15) is 6.10 Å². The number of ether oxygens (including phenoxy) is 3. The average molecular weight is 441 g/mol. The smallest absolute Gasteiger partial charge is 0.410 e. The first kappa shape index (κ1) is 19.8. The summed E-state index contributed by atoms with van der Waals surface area (Å²) in [7, 11) is 3.10. The summed E-state index contributed by atoms with van der Waals surface area (Å²) < 4.78 is 16.6. The van der Waals surface area contributed by atoms with Gasteiger partial charge in [-0.1, -0.05) is 6.92 Å². The molecule has 7 nitrogen and oxygen atoms in total. The van der Waals surface area contributed by atoms with Crippen LogP contribution < -0.4 is 9.47 Å². The number of cyclic esters (lactones) is 1. The zero-order valence-electron chi connectivity index (χ0n) is 15.9. The fourth-order valence-corrected chi connectivity index (χ4v) is 4.11. The van der Waals surface area contributed by atoms with Crippen LogP contribution in [0.1, 0.15) is 36.5 Å². The number of carbonyl (C=O) groups is 2. The molecule has 2 amide bonds. The molecule has 0 N–H and O–H groups in total. The van der Waals surface area contributed by atoms with E-state index in [0.717, 1.165) is 19.3 Å². The van der Waals surface area contributed by atoms with Crippen molar-refractivity contribution in [2.75, 3.05) is 33.9 Å². The van der Waals surface area contributed by atoms with Crippen molar-refractivity contribution in [3.05, 3.63) is 22.2 Å². The van der Waals surface area contributed by atoms with Crippen LogP contribution in [0.5, 0.6) is 11.5 Å². The van der Waals surface area contributed by atoms with E-state index in [9.17, 15) is 9.59 Å². The molecule has 1 atom stereocenters. The molecule has 0 radical (unpaired) electrons. The number of amides is 2. The number of halogens is 1. The minimum absolute atomic E-state index is 0.0140. The number of carbonyl (C=O) groups excluding carboxylic acids is 2. The van der Waals surface area contributed by atoms with E-state index < -0.39 is 0 Å². The molecule has 8 heteroatoms. The molecule has 0 saturated carbocycles. The maximum atomic E-state index is 13.0. The molecule has 2 aliphatic heterocycles. The van der Waals surface area contributed by atoms with Crippen LogP contribution in [0.2, 0.25) is 0 Å². The fraction of sp³-hybridized carbons (Fsp3) is 0.579. The van der Waals surface area contributed by atoms with Crippen LogP contribution in [-0.4, -0.2) is 67.8 Å². The predicted molar refractivity (Wildman–Crippen MR) is 103 cm³/mol. The van der Waals surface area contributed by atoms with Crippen LogP contribution in [0.4, 0.5) is 4.79 Å². The lowest BCUT2D eigenvalue weighted by Crippen LogP contribution is -2.47. The lowest BCUT2D eigenvalue weighted by molar-refractivity contribution is 0.0657. The number of nitrogens with zero attached hydrogens (tertiary/aromatic N) is 2. The molecule has 0 spiro atoms. The highest BCUT2D eigenvalue weighted by Crippen LogP contribution is 2.34. The van der Waals surface area contributed by atoms with Gasteiger partial charge in [0.2, 0.25) is 0 Å². The number of benzene rings is 1. The third-order valence-electron chi connectivity index (χ3n) is 5.25. The molecule has 27 heavy (non-hydrogen) atoms. The molecule has 0 aliphatic carbocycles. The van der Waals surface area contributed by atoms with Crippen molar-refractivity contribution in [3.8, 4) is 11.5 Å². The Kier molecular flexibility index (Phi) is 6.14. The zero-order chi connectivity index (χ0) is 19.6. The first-order valence-corrected chi connectivity index (χ1v) is 9.95. The van der Waals surface area contributed by atoms with Gasteiger partial charge in [-0.25, -0.2) is 4.79 Å². The fourth-order valence-electron chi connectivity index (χ4n) is 3.62. The summed E-state index contributed by atoms with van der Waals surface area (Å²) in [5.74, 6) is 1.03. The molecule has 2 aliphatic rings. The van der Waals surface area contributed by atoms with Crippen molar-refractivity contribution >= 4 is 27.9 Å². The van der Waals surface area contributed by atoms with Crippen LogP contribution in [-0.2, 0) is 4.74 Å². The maximum Gasteiger partial charge on any atom is 0.410 e. The average Bonchev–Trinajstić information content (AvgIpc) is 3.08. The van der Waals surface area contributed by atoms with E-state index in [4.69, 9.17) is 14.2 Å². The van der Waals surface area contributed by atoms with Gasteiger partial charge in [-0.3, -0.25) is 4.79 Å². The first-order chi connectivity index (χ1) is 13.0. The lowest BCUT2D eigenvalue weighted by atomic mass is 10.0. The van der Waals surface area contributed by atoms with Crippen LogP contribution >= 0.6 is 15.9 Å². The van der Waals surface area contributed by atoms with Crippen molar-refractivity contribution in [2.24, 2.45) is 0 Å². The third-order valence-corrected chi connectivity index (χ3v) is 5.91. The van der Waals surface area contributed by atoms with Gasteiger partial charge < -0.3 is 24.0 Å². The molecule has 2 saturated heterocycles. The van der Waals surface area contributed by atoms with Crippen LogP contribution in [0, 0.1) is 0 Å². The highest BCUT2D eigenvalue weighted by atomic mass is 79.9. The van der Waals surface area contributed by atoms with Gasteiger partial charge in [0, 0.05) is 23.6 Å². The highest BCUT2D eigenvalue weighted by molar-refractivity contribution is 9.10. The van der Waals surface area contributed by atoms with Crippen LogP contribution in [0.15, 0.2) is 16.6 Å². The van der Waals surface area contributed by atoms with E-state index in [1.807, 2.05) is 16.7 Å². The standard InChI is InChI=1S/C19H25BrN2O5/c1-4-13-11-22(19(24)27-13)12-5-7-21(8-6-12)18(23)14-9-16(25-2)17(26-3)10-15(14)20/h9-10,12-13H,4-8,11H2,1-3H3. The Balaban J connectivity index is 1.66. The second kappa shape index (κ2) is 8.37. The summed E-state index contributed by atoms with van der Waals surface area (Å²) in [6.45, 7) is 3.87. The third kappa shape index (κ3) is 4.00. The topological polar surface area (TPSA) is 68.3 Å². The van der Waals surface area contributed by atoms with Crippen molar-refractivity contribution in [1.29, 1.82) is 0 Å². The number of likely N-dealkylation sites (tertiary alicyclic amines) is 1. The predicted octanol–water partition coefficient (Wildman–Crippen LogP) is 3.30. The van der Waals surface area contributed by atoms with Crippen molar-refractivity contribution in [3.63, 3.8) is 0 Å². The Labute approximate surface area is 167 Å². The molecule has 3 rings (SSSR count). The van der Waals surface area contributed by atoms with Gasteiger partial charge in [-0.15, -0.1) is 0 Å².